The average molecular weight is 459 g/mol. The fourth-order valence-electron chi connectivity index (χ4n) is 3.78. The quantitative estimate of drug-likeness (QED) is 0.401. The standard InChI is InChI=1S/C18H20N4.C8H10.2C2H6/c1-13-6-7-15-14(12-13)18(22-10-8-19-9-11-22)21-17-5-3-2-4-16(17)20-15;1-2-8-6-4-3-5-7-8;2*1-2/h2-7,12,19-20H,8-11H2,1H3;3-7H,2H2,1H3;2*1-2H3. The summed E-state index contributed by atoms with van der Waals surface area (Å²) < 4.78 is 0. The van der Waals surface area contributed by atoms with Gasteiger partial charge in [-0.2, -0.15) is 0 Å². The lowest BCUT2D eigenvalue weighted by Gasteiger charge is -2.30. The van der Waals surface area contributed by atoms with E-state index in [9.17, 15) is 0 Å². The Balaban J connectivity index is 0.000000286. The van der Waals surface area contributed by atoms with Crippen molar-refractivity contribution in [2.75, 3.05) is 31.5 Å². The summed E-state index contributed by atoms with van der Waals surface area (Å²) in [5.41, 5.74) is 7.07. The molecule has 0 aliphatic carbocycles. The van der Waals surface area contributed by atoms with Crippen molar-refractivity contribution in [1.29, 1.82) is 0 Å². The van der Waals surface area contributed by atoms with Crippen molar-refractivity contribution < 1.29 is 0 Å². The molecule has 0 unspecified atom stereocenters. The smallest absolute Gasteiger partial charge is 0.138 e. The second-order valence-corrected chi connectivity index (χ2v) is 7.70. The molecule has 34 heavy (non-hydrogen) atoms. The summed E-state index contributed by atoms with van der Waals surface area (Å²) in [6.07, 6.45) is 1.14. The lowest BCUT2D eigenvalue weighted by Crippen LogP contribution is -2.46. The van der Waals surface area contributed by atoms with Gasteiger partial charge in [0.1, 0.15) is 5.84 Å². The first-order valence-electron chi connectivity index (χ1n) is 12.8. The molecule has 0 spiro atoms. The molecule has 5 rings (SSSR count). The Morgan fingerprint density at radius 1 is 0.794 bits per heavy atom. The molecule has 3 aromatic carbocycles. The Labute approximate surface area is 207 Å². The van der Waals surface area contributed by atoms with E-state index < -0.39 is 0 Å². The molecule has 0 atom stereocenters. The molecule has 1 fully saturated rings. The van der Waals surface area contributed by atoms with Crippen LogP contribution in [0.4, 0.5) is 17.1 Å². The third-order valence-electron chi connectivity index (χ3n) is 5.48. The highest BCUT2D eigenvalue weighted by atomic mass is 15.2. The van der Waals surface area contributed by atoms with Crippen molar-refractivity contribution in [3.63, 3.8) is 0 Å². The van der Waals surface area contributed by atoms with Crippen molar-refractivity contribution in [3.8, 4) is 0 Å². The van der Waals surface area contributed by atoms with Gasteiger partial charge in [-0.3, -0.25) is 0 Å². The number of anilines is 2. The van der Waals surface area contributed by atoms with Gasteiger partial charge in [-0.15, -0.1) is 0 Å². The van der Waals surface area contributed by atoms with Crippen LogP contribution >= 0.6 is 0 Å². The van der Waals surface area contributed by atoms with E-state index >= 15 is 0 Å². The van der Waals surface area contributed by atoms with Crippen LogP contribution in [0.25, 0.3) is 0 Å². The number of amidine groups is 1. The zero-order valence-corrected chi connectivity index (χ0v) is 21.9. The highest BCUT2D eigenvalue weighted by molar-refractivity contribution is 6.07. The van der Waals surface area contributed by atoms with E-state index in [4.69, 9.17) is 4.99 Å². The number of fused-ring (bicyclic) bond motifs is 2. The van der Waals surface area contributed by atoms with E-state index in [1.54, 1.807) is 0 Å². The second kappa shape index (κ2) is 14.9. The average Bonchev–Trinajstić information content (AvgIpc) is 3.09. The van der Waals surface area contributed by atoms with Crippen LogP contribution in [0.1, 0.15) is 51.3 Å². The summed E-state index contributed by atoms with van der Waals surface area (Å²) in [6, 6.07) is 25.2. The van der Waals surface area contributed by atoms with Gasteiger partial charge in [0.2, 0.25) is 0 Å². The lowest BCUT2D eigenvalue weighted by atomic mass is 10.1. The molecule has 0 bridgehead atoms. The highest BCUT2D eigenvalue weighted by Gasteiger charge is 2.22. The molecular weight excluding hydrogens is 416 g/mol. The van der Waals surface area contributed by atoms with E-state index in [2.05, 4.69) is 84.0 Å². The fraction of sp³-hybridized carbons (Fsp3) is 0.367. The molecule has 0 aromatic heterocycles. The van der Waals surface area contributed by atoms with Gasteiger partial charge in [-0.05, 0) is 43.2 Å². The van der Waals surface area contributed by atoms with Crippen LogP contribution in [0.3, 0.4) is 0 Å². The van der Waals surface area contributed by atoms with E-state index in [1.807, 2.05) is 45.9 Å². The lowest BCUT2D eigenvalue weighted by molar-refractivity contribution is 0.358. The molecular formula is C30H42N4. The molecule has 4 nitrogen and oxygen atoms in total. The maximum absolute atomic E-state index is 5.00. The Kier molecular flexibility index (Phi) is 11.9. The molecule has 2 aliphatic heterocycles. The molecule has 1 saturated heterocycles. The zero-order valence-electron chi connectivity index (χ0n) is 21.9. The highest BCUT2D eigenvalue weighted by Crippen LogP contribution is 2.35. The first kappa shape index (κ1) is 27.1. The Morgan fingerprint density at radius 3 is 2.09 bits per heavy atom. The number of nitrogens with one attached hydrogen (secondary N) is 2. The van der Waals surface area contributed by atoms with Gasteiger partial charge in [-0.1, -0.05) is 88.7 Å². The zero-order chi connectivity index (χ0) is 24.8. The topological polar surface area (TPSA) is 39.7 Å². The Morgan fingerprint density at radius 2 is 1.44 bits per heavy atom. The molecule has 4 heteroatoms. The minimum absolute atomic E-state index is 0.994. The number of rotatable bonds is 1. The number of hydrogen-bond acceptors (Lipinski definition) is 4. The third kappa shape index (κ3) is 7.46. The van der Waals surface area contributed by atoms with E-state index in [0.717, 1.165) is 55.5 Å². The van der Waals surface area contributed by atoms with E-state index in [1.165, 1.54) is 16.7 Å². The van der Waals surface area contributed by atoms with Gasteiger partial charge >= 0.3 is 0 Å². The Hall–Kier alpha value is -3.11. The number of nitrogens with zero attached hydrogens (tertiary/aromatic N) is 2. The molecule has 2 aliphatic rings. The van der Waals surface area contributed by atoms with E-state index in [-0.39, 0.29) is 0 Å². The normalized spacial score (nSPS) is 13.5. The van der Waals surface area contributed by atoms with E-state index in [0.29, 0.717) is 0 Å². The van der Waals surface area contributed by atoms with Crippen molar-refractivity contribution in [1.82, 2.24) is 10.2 Å². The van der Waals surface area contributed by atoms with Crippen molar-refractivity contribution >= 4 is 22.9 Å². The Bertz CT molecular complexity index is 1010. The number of benzene rings is 3. The number of aliphatic imine (C=N–C) groups is 1. The van der Waals surface area contributed by atoms with Crippen LogP contribution in [-0.4, -0.2) is 36.9 Å². The fourth-order valence-corrected chi connectivity index (χ4v) is 3.78. The van der Waals surface area contributed by atoms with Gasteiger partial charge in [0, 0.05) is 37.4 Å². The molecule has 0 amide bonds. The molecule has 182 valence electrons. The molecule has 0 radical (unpaired) electrons. The minimum atomic E-state index is 0.994. The van der Waals surface area contributed by atoms with Crippen molar-refractivity contribution in [2.24, 2.45) is 4.99 Å². The van der Waals surface area contributed by atoms with Crippen LogP contribution in [-0.2, 0) is 6.42 Å². The third-order valence-corrected chi connectivity index (χ3v) is 5.48. The maximum atomic E-state index is 5.00. The number of aryl methyl sites for hydroxylation is 2. The largest absolute Gasteiger partial charge is 0.353 e. The number of hydrogen-bond donors (Lipinski definition) is 2. The van der Waals surface area contributed by atoms with Gasteiger partial charge < -0.3 is 15.5 Å². The number of para-hydroxylation sites is 2. The van der Waals surface area contributed by atoms with Crippen LogP contribution in [0.2, 0.25) is 0 Å². The van der Waals surface area contributed by atoms with Crippen molar-refractivity contribution in [3.05, 3.63) is 89.5 Å². The van der Waals surface area contributed by atoms with Gasteiger partial charge in [0.05, 0.1) is 11.4 Å². The van der Waals surface area contributed by atoms with Crippen molar-refractivity contribution in [2.45, 2.75) is 48.0 Å². The summed E-state index contributed by atoms with van der Waals surface area (Å²) in [6.45, 7) is 16.3. The molecule has 3 aromatic rings. The number of piperazine rings is 1. The summed E-state index contributed by atoms with van der Waals surface area (Å²) >= 11 is 0. The van der Waals surface area contributed by atoms with Crippen LogP contribution in [0.15, 0.2) is 77.8 Å². The van der Waals surface area contributed by atoms with Crippen LogP contribution < -0.4 is 10.6 Å². The second-order valence-electron chi connectivity index (χ2n) is 7.70. The molecule has 2 heterocycles. The predicted molar refractivity (Wildman–Crippen MR) is 150 cm³/mol. The summed E-state index contributed by atoms with van der Waals surface area (Å²) in [4.78, 5) is 7.38. The first-order valence-corrected chi connectivity index (χ1v) is 12.8. The summed E-state index contributed by atoms with van der Waals surface area (Å²) in [5.74, 6) is 1.08. The predicted octanol–water partition coefficient (Wildman–Crippen LogP) is 7.34. The molecule has 2 N–H and O–H groups in total. The maximum Gasteiger partial charge on any atom is 0.138 e. The minimum Gasteiger partial charge on any atom is -0.353 e. The summed E-state index contributed by atoms with van der Waals surface area (Å²) in [5, 5.41) is 6.95. The van der Waals surface area contributed by atoms with Gasteiger partial charge in [0.25, 0.3) is 0 Å². The van der Waals surface area contributed by atoms with Crippen LogP contribution in [0.5, 0.6) is 0 Å². The summed E-state index contributed by atoms with van der Waals surface area (Å²) in [7, 11) is 0. The van der Waals surface area contributed by atoms with Gasteiger partial charge in [-0.25, -0.2) is 4.99 Å². The molecule has 0 saturated carbocycles. The van der Waals surface area contributed by atoms with Crippen LogP contribution in [0, 0.1) is 6.92 Å². The van der Waals surface area contributed by atoms with Gasteiger partial charge in [0.15, 0.2) is 0 Å². The SMILES string of the molecule is CC.CC.CCc1ccccc1.Cc1ccc2c(c1)C(N1CCNCC1)=Nc1ccccc1N2. The first-order chi connectivity index (χ1) is 16.7. The monoisotopic (exact) mass is 458 g/mol.